The van der Waals surface area contributed by atoms with E-state index in [0.29, 0.717) is 54.4 Å². The van der Waals surface area contributed by atoms with E-state index in [-0.39, 0.29) is 36.9 Å². The molecule has 4 heterocycles. The fourth-order valence-corrected chi connectivity index (χ4v) is 6.15. The van der Waals surface area contributed by atoms with Gasteiger partial charge in [0.2, 0.25) is 5.91 Å². The molecule has 0 saturated carbocycles. The largest absolute Gasteiger partial charge is 0.496 e. The van der Waals surface area contributed by atoms with Crippen molar-refractivity contribution in [3.63, 3.8) is 0 Å². The number of aromatic nitrogens is 1. The van der Waals surface area contributed by atoms with E-state index in [1.54, 1.807) is 36.3 Å². The number of carbonyl (C=O) groups excluding carboxylic acids is 3. The van der Waals surface area contributed by atoms with Crippen LogP contribution >= 0.6 is 11.3 Å². The summed E-state index contributed by atoms with van der Waals surface area (Å²) in [6.45, 7) is 2.90. The number of piperidine rings is 1. The van der Waals surface area contributed by atoms with Crippen LogP contribution in [0.3, 0.4) is 0 Å². The van der Waals surface area contributed by atoms with E-state index < -0.39 is 6.04 Å². The minimum absolute atomic E-state index is 0.0420. The maximum atomic E-state index is 13.8. The van der Waals surface area contributed by atoms with Gasteiger partial charge in [0.05, 0.1) is 30.3 Å². The van der Waals surface area contributed by atoms with E-state index >= 15 is 0 Å². The van der Waals surface area contributed by atoms with Crippen molar-refractivity contribution < 1.29 is 28.6 Å². The van der Waals surface area contributed by atoms with E-state index in [1.807, 2.05) is 54.8 Å². The summed E-state index contributed by atoms with van der Waals surface area (Å²) in [5.41, 5.74) is 3.54. The summed E-state index contributed by atoms with van der Waals surface area (Å²) in [5, 5.41) is 8.86. The van der Waals surface area contributed by atoms with Crippen LogP contribution in [0.5, 0.6) is 17.2 Å². The quantitative estimate of drug-likeness (QED) is 0.351. The Labute approximate surface area is 265 Å². The Bertz CT molecular complexity index is 1710. The van der Waals surface area contributed by atoms with Gasteiger partial charge < -0.3 is 29.7 Å². The Kier molecular flexibility index (Phi) is 8.97. The van der Waals surface area contributed by atoms with Gasteiger partial charge >= 0.3 is 0 Å². The second-order valence-corrected chi connectivity index (χ2v) is 12.1. The molecule has 1 fully saturated rings. The molecule has 0 aliphatic carbocycles. The van der Waals surface area contributed by atoms with Crippen LogP contribution in [0.2, 0.25) is 0 Å². The lowest BCUT2D eigenvalue weighted by Crippen LogP contribution is -2.58. The first-order chi connectivity index (χ1) is 21.8. The van der Waals surface area contributed by atoms with Crippen molar-refractivity contribution in [2.45, 2.75) is 38.5 Å². The van der Waals surface area contributed by atoms with Crippen LogP contribution in [0.1, 0.15) is 33.0 Å². The van der Waals surface area contributed by atoms with Gasteiger partial charge in [0.1, 0.15) is 23.4 Å². The number of hydrogen-bond donors (Lipinski definition) is 2. The number of nitrogens with one attached hydrogen (secondary N) is 2. The van der Waals surface area contributed by atoms with Gasteiger partial charge in [-0.05, 0) is 60.5 Å². The van der Waals surface area contributed by atoms with E-state index in [2.05, 4.69) is 15.6 Å². The van der Waals surface area contributed by atoms with Gasteiger partial charge in [-0.1, -0.05) is 24.3 Å². The molecular formula is C34H34N4O6S. The average molecular weight is 627 g/mol. The first-order valence-electron chi connectivity index (χ1n) is 14.8. The van der Waals surface area contributed by atoms with Crippen molar-refractivity contribution in [2.75, 3.05) is 26.8 Å². The average Bonchev–Trinajstić information content (AvgIpc) is 3.47. The van der Waals surface area contributed by atoms with Crippen molar-refractivity contribution in [1.82, 2.24) is 20.5 Å². The summed E-state index contributed by atoms with van der Waals surface area (Å²) in [4.78, 5) is 45.8. The Balaban J connectivity index is 1.31. The lowest BCUT2D eigenvalue weighted by molar-refractivity contribution is -0.133. The van der Waals surface area contributed by atoms with Crippen molar-refractivity contribution in [3.8, 4) is 28.4 Å². The number of fused-ring (bicyclic) bond motifs is 7. The van der Waals surface area contributed by atoms with Crippen LogP contribution < -0.4 is 24.8 Å². The summed E-state index contributed by atoms with van der Waals surface area (Å²) in [6.07, 6.45) is 0.368. The number of methoxy groups -OCH3 is 1. The molecule has 0 unspecified atom stereocenters. The highest BCUT2D eigenvalue weighted by molar-refractivity contribution is 7.09. The molecule has 0 radical (unpaired) electrons. The Morgan fingerprint density at radius 2 is 1.91 bits per heavy atom. The Morgan fingerprint density at radius 1 is 1.07 bits per heavy atom. The van der Waals surface area contributed by atoms with Gasteiger partial charge in [0.25, 0.3) is 11.8 Å². The van der Waals surface area contributed by atoms with Crippen LogP contribution in [0.25, 0.3) is 11.1 Å². The summed E-state index contributed by atoms with van der Waals surface area (Å²) < 4.78 is 17.8. The number of ether oxygens (including phenoxy) is 3. The summed E-state index contributed by atoms with van der Waals surface area (Å²) in [7, 11) is 1.57. The zero-order chi connectivity index (χ0) is 31.3. The van der Waals surface area contributed by atoms with Crippen LogP contribution in [0.15, 0.2) is 72.1 Å². The Morgan fingerprint density at radius 3 is 2.69 bits per heavy atom. The van der Waals surface area contributed by atoms with Crippen LogP contribution in [-0.4, -0.2) is 66.6 Å². The SMILES string of the molecule is COc1ccc2cc1-c1cccc(c1)OCC(=O)NCc1ccc(cc1)O[C@@H]1CCN(C(=O)Cc3csc(C)n3)C[C@H]1NC2=O. The number of rotatable bonds is 3. The van der Waals surface area contributed by atoms with E-state index in [4.69, 9.17) is 14.2 Å². The molecule has 0 spiro atoms. The number of carbonyl (C=O) groups is 3. The number of thiazole rings is 1. The van der Waals surface area contributed by atoms with E-state index in [1.165, 1.54) is 11.3 Å². The number of amides is 3. The minimum atomic E-state index is -0.473. The monoisotopic (exact) mass is 626 g/mol. The zero-order valence-corrected chi connectivity index (χ0v) is 25.9. The molecular weight excluding hydrogens is 592 g/mol. The molecule has 10 nitrogen and oxygen atoms in total. The topological polar surface area (TPSA) is 119 Å². The summed E-state index contributed by atoms with van der Waals surface area (Å²) in [6, 6.07) is 19.5. The molecule has 4 aromatic rings. The third-order valence-electron chi connectivity index (χ3n) is 7.89. The highest BCUT2D eigenvalue weighted by Gasteiger charge is 2.34. The molecule has 3 aromatic carbocycles. The van der Waals surface area contributed by atoms with Crippen molar-refractivity contribution >= 4 is 29.1 Å². The van der Waals surface area contributed by atoms with Crippen molar-refractivity contribution in [3.05, 3.63) is 93.9 Å². The first-order valence-corrected chi connectivity index (χ1v) is 15.7. The predicted octanol–water partition coefficient (Wildman–Crippen LogP) is 4.16. The maximum Gasteiger partial charge on any atom is 0.258 e. The second-order valence-electron chi connectivity index (χ2n) is 11.1. The van der Waals surface area contributed by atoms with Gasteiger partial charge in [-0.2, -0.15) is 0 Å². The lowest BCUT2D eigenvalue weighted by atomic mass is 9.99. The molecule has 3 amide bonds. The third-order valence-corrected chi connectivity index (χ3v) is 8.72. The highest BCUT2D eigenvalue weighted by atomic mass is 32.1. The normalized spacial score (nSPS) is 18.5. The lowest BCUT2D eigenvalue weighted by Gasteiger charge is -2.39. The number of benzene rings is 3. The number of hydrogen-bond acceptors (Lipinski definition) is 8. The Hall–Kier alpha value is -4.90. The van der Waals surface area contributed by atoms with Crippen molar-refractivity contribution in [2.24, 2.45) is 0 Å². The zero-order valence-electron chi connectivity index (χ0n) is 25.1. The standard InChI is InChI=1S/C34H34N4O6S/c1-21-36-25(20-45-21)16-33(40)38-13-12-31-29(18-38)37-34(41)24-8-11-30(42-2)28(15-24)23-4-3-5-27(14-23)43-19-32(39)35-17-22-6-9-26(44-31)10-7-22/h3-11,14-15,20,29,31H,12-13,16-19H2,1-2H3,(H,35,39)(H,37,41)/t29-,31-/m1/s1. The van der Waals surface area contributed by atoms with Gasteiger partial charge in [-0.25, -0.2) is 4.98 Å². The molecule has 2 N–H and O–H groups in total. The summed E-state index contributed by atoms with van der Waals surface area (Å²) >= 11 is 1.52. The van der Waals surface area contributed by atoms with Gasteiger partial charge in [-0.15, -0.1) is 11.3 Å². The third kappa shape index (κ3) is 7.26. The highest BCUT2D eigenvalue weighted by Crippen LogP contribution is 2.33. The molecule has 232 valence electrons. The van der Waals surface area contributed by atoms with Crippen LogP contribution in [0.4, 0.5) is 0 Å². The smallest absolute Gasteiger partial charge is 0.258 e. The fraction of sp³-hybridized carbons (Fsp3) is 0.294. The summed E-state index contributed by atoms with van der Waals surface area (Å²) in [5.74, 6) is 1.14. The molecule has 11 heteroatoms. The van der Waals surface area contributed by atoms with Gasteiger partial charge in [0, 0.05) is 42.6 Å². The molecule has 1 aromatic heterocycles. The molecule has 2 atom stereocenters. The molecule has 3 aliphatic rings. The van der Waals surface area contributed by atoms with Gasteiger partial charge in [-0.3, -0.25) is 14.4 Å². The molecule has 7 rings (SSSR count). The number of likely N-dealkylation sites (tertiary alicyclic amines) is 1. The number of aryl methyl sites for hydroxylation is 1. The molecule has 3 aliphatic heterocycles. The van der Waals surface area contributed by atoms with Crippen LogP contribution in [-0.2, 0) is 22.6 Å². The van der Waals surface area contributed by atoms with E-state index in [0.717, 1.165) is 21.8 Å². The maximum absolute atomic E-state index is 13.8. The second kappa shape index (κ2) is 13.4. The molecule has 6 bridgehead atoms. The fourth-order valence-electron chi connectivity index (χ4n) is 5.53. The molecule has 45 heavy (non-hydrogen) atoms. The van der Waals surface area contributed by atoms with Crippen LogP contribution in [0, 0.1) is 6.92 Å². The van der Waals surface area contributed by atoms with Crippen molar-refractivity contribution in [1.29, 1.82) is 0 Å². The number of nitrogens with zero attached hydrogens (tertiary/aromatic N) is 2. The first kappa shape index (κ1) is 30.1. The predicted molar refractivity (Wildman–Crippen MR) is 170 cm³/mol. The molecule has 1 saturated heterocycles. The van der Waals surface area contributed by atoms with E-state index in [9.17, 15) is 14.4 Å². The minimum Gasteiger partial charge on any atom is -0.496 e. The van der Waals surface area contributed by atoms with Gasteiger partial charge in [0.15, 0.2) is 6.61 Å².